The van der Waals surface area contributed by atoms with Gasteiger partial charge in [-0.25, -0.2) is 0 Å². The van der Waals surface area contributed by atoms with Crippen LogP contribution in [0.2, 0.25) is 0 Å². The van der Waals surface area contributed by atoms with E-state index in [1.807, 2.05) is 7.05 Å². The van der Waals surface area contributed by atoms with Gasteiger partial charge in [-0.1, -0.05) is 0 Å². The van der Waals surface area contributed by atoms with Gasteiger partial charge in [-0.3, -0.25) is 4.90 Å². The molecule has 0 amide bonds. The van der Waals surface area contributed by atoms with E-state index in [1.54, 1.807) is 0 Å². The van der Waals surface area contributed by atoms with Gasteiger partial charge in [-0.15, -0.1) is 0 Å². The van der Waals surface area contributed by atoms with Gasteiger partial charge in [0.2, 0.25) is 0 Å². The topological polar surface area (TPSA) is 33.7 Å². The molecule has 2 aliphatic rings. The molecule has 0 aromatic heterocycles. The predicted molar refractivity (Wildman–Crippen MR) is 59.1 cm³/mol. The zero-order valence-corrected chi connectivity index (χ0v) is 9.74. The molecule has 1 N–H and O–H groups in total. The zero-order valence-electron chi connectivity index (χ0n) is 9.74. The average Bonchev–Trinajstić information content (AvgIpc) is 2.81. The number of likely N-dealkylation sites (N-methyl/N-ethyl adjacent to an activating group) is 2. The van der Waals surface area contributed by atoms with Crippen molar-refractivity contribution < 1.29 is 9.47 Å². The largest absolute Gasteiger partial charge is 0.380 e. The van der Waals surface area contributed by atoms with Crippen LogP contribution in [0.1, 0.15) is 12.8 Å². The second-order valence-electron chi connectivity index (χ2n) is 4.51. The zero-order chi connectivity index (χ0) is 10.7. The number of nitrogens with zero attached hydrogens (tertiary/aromatic N) is 1. The third-order valence-electron chi connectivity index (χ3n) is 3.70. The third-order valence-corrected chi connectivity index (χ3v) is 3.70. The number of ether oxygens (including phenoxy) is 2. The van der Waals surface area contributed by atoms with Gasteiger partial charge in [-0.2, -0.15) is 0 Å². The Hall–Kier alpha value is -0.160. The van der Waals surface area contributed by atoms with Crippen LogP contribution in [0.3, 0.4) is 0 Å². The molecule has 2 saturated heterocycles. The molecule has 2 rings (SSSR count). The fourth-order valence-corrected chi connectivity index (χ4v) is 2.58. The van der Waals surface area contributed by atoms with E-state index in [4.69, 9.17) is 9.47 Å². The van der Waals surface area contributed by atoms with Crippen LogP contribution in [0.25, 0.3) is 0 Å². The lowest BCUT2D eigenvalue weighted by Gasteiger charge is -2.40. The van der Waals surface area contributed by atoms with Crippen molar-refractivity contribution in [2.24, 2.45) is 0 Å². The summed E-state index contributed by atoms with van der Waals surface area (Å²) in [5, 5.41) is 3.40. The Morgan fingerprint density at radius 3 is 2.53 bits per heavy atom. The van der Waals surface area contributed by atoms with Crippen molar-refractivity contribution in [1.29, 1.82) is 0 Å². The summed E-state index contributed by atoms with van der Waals surface area (Å²) in [6.07, 6.45) is 2.27. The first-order chi connectivity index (χ1) is 7.33. The lowest BCUT2D eigenvalue weighted by atomic mass is 10.0. The highest BCUT2D eigenvalue weighted by Gasteiger charge is 2.32. The summed E-state index contributed by atoms with van der Waals surface area (Å²) in [4.78, 5) is 2.44. The summed E-state index contributed by atoms with van der Waals surface area (Å²) in [6, 6.07) is 1.63. The summed E-state index contributed by atoms with van der Waals surface area (Å²) in [5.41, 5.74) is 0. The highest BCUT2D eigenvalue weighted by Crippen LogP contribution is 2.19. The van der Waals surface area contributed by atoms with Gasteiger partial charge >= 0.3 is 0 Å². The van der Waals surface area contributed by atoms with Crippen LogP contribution >= 0.6 is 0 Å². The summed E-state index contributed by atoms with van der Waals surface area (Å²) in [6.45, 7) is 3.52. The molecule has 88 valence electrons. The molecule has 0 spiro atoms. The minimum Gasteiger partial charge on any atom is -0.380 e. The van der Waals surface area contributed by atoms with Gasteiger partial charge < -0.3 is 14.8 Å². The molecular formula is C11H22N2O2. The van der Waals surface area contributed by atoms with Crippen molar-refractivity contribution >= 4 is 0 Å². The third kappa shape index (κ3) is 2.50. The van der Waals surface area contributed by atoms with E-state index in [1.165, 1.54) is 0 Å². The van der Waals surface area contributed by atoms with Crippen LogP contribution in [-0.2, 0) is 9.47 Å². The molecule has 0 aromatic carbocycles. The molecule has 4 heteroatoms. The maximum absolute atomic E-state index is 5.57. The van der Waals surface area contributed by atoms with E-state index in [2.05, 4.69) is 17.3 Å². The molecule has 0 saturated carbocycles. The number of hydrogen-bond donors (Lipinski definition) is 1. The average molecular weight is 214 g/mol. The van der Waals surface area contributed by atoms with Gasteiger partial charge in [0.1, 0.15) is 0 Å². The summed E-state index contributed by atoms with van der Waals surface area (Å²) in [5.74, 6) is 0. The molecule has 2 heterocycles. The Labute approximate surface area is 91.9 Å². The SMILES string of the molecule is CNC1CCOCC1N(C)C1CCOC1. The molecule has 3 unspecified atom stereocenters. The molecule has 0 radical (unpaired) electrons. The quantitative estimate of drug-likeness (QED) is 0.721. The normalized spacial score (nSPS) is 37.4. The second kappa shape index (κ2) is 5.25. The van der Waals surface area contributed by atoms with Crippen molar-refractivity contribution in [3.05, 3.63) is 0 Å². The van der Waals surface area contributed by atoms with Gasteiger partial charge in [0.05, 0.1) is 13.2 Å². The van der Waals surface area contributed by atoms with E-state index in [9.17, 15) is 0 Å². The summed E-state index contributed by atoms with van der Waals surface area (Å²) in [7, 11) is 4.24. The molecular weight excluding hydrogens is 192 g/mol. The maximum Gasteiger partial charge on any atom is 0.0637 e. The molecule has 4 nitrogen and oxygen atoms in total. The van der Waals surface area contributed by atoms with Gasteiger partial charge in [0.25, 0.3) is 0 Å². The van der Waals surface area contributed by atoms with Crippen molar-refractivity contribution in [2.75, 3.05) is 40.5 Å². The Morgan fingerprint density at radius 1 is 1.13 bits per heavy atom. The molecule has 15 heavy (non-hydrogen) atoms. The van der Waals surface area contributed by atoms with Crippen LogP contribution in [0, 0.1) is 0 Å². The first kappa shape index (κ1) is 11.3. The van der Waals surface area contributed by atoms with Crippen molar-refractivity contribution in [2.45, 2.75) is 31.0 Å². The maximum atomic E-state index is 5.57. The summed E-state index contributed by atoms with van der Waals surface area (Å²) < 4.78 is 11.0. The highest BCUT2D eigenvalue weighted by molar-refractivity contribution is 4.89. The minimum atomic E-state index is 0.496. The Kier molecular flexibility index (Phi) is 3.97. The van der Waals surface area contributed by atoms with Crippen LogP contribution < -0.4 is 5.32 Å². The fourth-order valence-electron chi connectivity index (χ4n) is 2.58. The van der Waals surface area contributed by atoms with E-state index in [0.717, 1.165) is 39.3 Å². The van der Waals surface area contributed by atoms with E-state index in [0.29, 0.717) is 18.1 Å². The smallest absolute Gasteiger partial charge is 0.0637 e. The van der Waals surface area contributed by atoms with Crippen molar-refractivity contribution in [3.63, 3.8) is 0 Å². The van der Waals surface area contributed by atoms with Gasteiger partial charge in [0.15, 0.2) is 0 Å². The van der Waals surface area contributed by atoms with E-state index < -0.39 is 0 Å². The predicted octanol–water partition coefficient (Wildman–Crippen LogP) is 0.0840. The Morgan fingerprint density at radius 2 is 1.87 bits per heavy atom. The fraction of sp³-hybridized carbons (Fsp3) is 1.00. The molecule has 0 bridgehead atoms. The van der Waals surface area contributed by atoms with Crippen molar-refractivity contribution in [3.8, 4) is 0 Å². The second-order valence-corrected chi connectivity index (χ2v) is 4.51. The number of hydrogen-bond acceptors (Lipinski definition) is 4. The molecule has 3 atom stereocenters. The Balaban J connectivity index is 1.93. The molecule has 0 aromatic rings. The van der Waals surface area contributed by atoms with Gasteiger partial charge in [0, 0.05) is 31.3 Å². The van der Waals surface area contributed by atoms with Gasteiger partial charge in [-0.05, 0) is 26.9 Å². The number of rotatable bonds is 3. The molecule has 2 aliphatic heterocycles. The van der Waals surface area contributed by atoms with E-state index in [-0.39, 0.29) is 0 Å². The molecule has 0 aliphatic carbocycles. The Bertz CT molecular complexity index is 195. The van der Waals surface area contributed by atoms with Crippen LogP contribution in [0.15, 0.2) is 0 Å². The van der Waals surface area contributed by atoms with Crippen LogP contribution in [-0.4, -0.2) is 63.5 Å². The standard InChI is InChI=1S/C11H22N2O2/c1-12-10-4-6-15-8-11(10)13(2)9-3-5-14-7-9/h9-12H,3-8H2,1-2H3. The van der Waals surface area contributed by atoms with E-state index >= 15 is 0 Å². The first-order valence-electron chi connectivity index (χ1n) is 5.87. The number of nitrogens with one attached hydrogen (secondary N) is 1. The van der Waals surface area contributed by atoms with Crippen molar-refractivity contribution in [1.82, 2.24) is 10.2 Å². The molecule has 2 fully saturated rings. The lowest BCUT2D eigenvalue weighted by Crippen LogP contribution is -2.56. The monoisotopic (exact) mass is 214 g/mol. The van der Waals surface area contributed by atoms with Crippen LogP contribution in [0.4, 0.5) is 0 Å². The highest BCUT2D eigenvalue weighted by atomic mass is 16.5. The van der Waals surface area contributed by atoms with Crippen LogP contribution in [0.5, 0.6) is 0 Å². The first-order valence-corrected chi connectivity index (χ1v) is 5.87. The summed E-state index contributed by atoms with van der Waals surface area (Å²) >= 11 is 0. The minimum absolute atomic E-state index is 0.496. The lowest BCUT2D eigenvalue weighted by molar-refractivity contribution is -0.00813.